The normalized spacial score (nSPS) is 19.7. The van der Waals surface area contributed by atoms with Crippen LogP contribution < -0.4 is 11.1 Å². The highest BCUT2D eigenvalue weighted by atomic mass is 32.2. The summed E-state index contributed by atoms with van der Waals surface area (Å²) in [6.07, 6.45) is 2.04. The van der Waals surface area contributed by atoms with Crippen molar-refractivity contribution < 1.29 is 13.2 Å². The molecule has 0 radical (unpaired) electrons. The predicted octanol–water partition coefficient (Wildman–Crippen LogP) is 1.36. The van der Waals surface area contributed by atoms with Crippen LogP contribution in [0.15, 0.2) is 4.90 Å². The zero-order valence-corrected chi connectivity index (χ0v) is 12.5. The molecule has 1 aromatic heterocycles. The molecule has 8 heteroatoms. The predicted molar refractivity (Wildman–Crippen MR) is 76.3 cm³/mol. The number of hydrogen-bond acceptors (Lipinski definition) is 7. The highest BCUT2D eigenvalue weighted by molar-refractivity contribution is 7.91. The number of ether oxygens (including phenoxy) is 1. The zero-order valence-electron chi connectivity index (χ0n) is 10.9. The topological polar surface area (TPSA) is 94.3 Å². The van der Waals surface area contributed by atoms with Crippen LogP contribution in [-0.4, -0.2) is 38.3 Å². The highest BCUT2D eigenvalue weighted by Crippen LogP contribution is 2.32. The summed E-state index contributed by atoms with van der Waals surface area (Å²) in [6.45, 7) is 3.94. The van der Waals surface area contributed by atoms with Crippen LogP contribution in [0.25, 0.3) is 0 Å². The molecule has 1 atom stereocenters. The second-order valence-corrected chi connectivity index (χ2v) is 7.56. The third-order valence-electron chi connectivity index (χ3n) is 3.23. The average Bonchev–Trinajstić information content (AvgIpc) is 3.00. The summed E-state index contributed by atoms with van der Waals surface area (Å²) < 4.78 is 33.1. The van der Waals surface area contributed by atoms with E-state index in [4.69, 9.17) is 10.5 Å². The van der Waals surface area contributed by atoms with Crippen molar-refractivity contribution in [3.8, 4) is 0 Å². The maximum absolute atomic E-state index is 11.9. The van der Waals surface area contributed by atoms with Crippen LogP contribution in [0, 0.1) is 5.92 Å². The molecule has 3 N–H and O–H groups in total. The SMILES string of the molecule is CCS(=O)(=O)c1c(N)nsc1NCCC1CCOC1. The number of hydrogen-bond donors (Lipinski definition) is 2. The van der Waals surface area contributed by atoms with Crippen molar-refractivity contribution in [2.75, 3.05) is 36.6 Å². The Morgan fingerprint density at radius 2 is 2.37 bits per heavy atom. The first-order valence-electron chi connectivity index (χ1n) is 6.34. The minimum Gasteiger partial charge on any atom is -0.382 e. The minimum atomic E-state index is -3.33. The molecule has 2 rings (SSSR count). The van der Waals surface area contributed by atoms with Gasteiger partial charge in [0.15, 0.2) is 15.7 Å². The van der Waals surface area contributed by atoms with Gasteiger partial charge in [0.05, 0.1) is 5.75 Å². The van der Waals surface area contributed by atoms with E-state index in [1.807, 2.05) is 0 Å². The van der Waals surface area contributed by atoms with Crippen molar-refractivity contribution in [3.63, 3.8) is 0 Å². The van der Waals surface area contributed by atoms with Crippen LogP contribution >= 0.6 is 11.5 Å². The first kappa shape index (κ1) is 14.5. The Hall–Kier alpha value is -0.860. The molecule has 19 heavy (non-hydrogen) atoms. The molecule has 0 amide bonds. The number of rotatable bonds is 6. The summed E-state index contributed by atoms with van der Waals surface area (Å²) in [6, 6.07) is 0. The van der Waals surface area contributed by atoms with Crippen LogP contribution in [0.3, 0.4) is 0 Å². The van der Waals surface area contributed by atoms with Gasteiger partial charge in [-0.3, -0.25) is 0 Å². The lowest BCUT2D eigenvalue weighted by Crippen LogP contribution is -2.12. The Bertz CT molecular complexity index is 521. The number of nitrogens with one attached hydrogen (secondary N) is 1. The second kappa shape index (κ2) is 6.06. The largest absolute Gasteiger partial charge is 0.382 e. The van der Waals surface area contributed by atoms with Gasteiger partial charge in [-0.25, -0.2) is 8.42 Å². The summed E-state index contributed by atoms with van der Waals surface area (Å²) in [4.78, 5) is 0.155. The lowest BCUT2D eigenvalue weighted by molar-refractivity contribution is 0.185. The van der Waals surface area contributed by atoms with Crippen LogP contribution in [-0.2, 0) is 14.6 Å². The number of sulfone groups is 1. The monoisotopic (exact) mass is 305 g/mol. The third kappa shape index (κ3) is 3.37. The van der Waals surface area contributed by atoms with Crippen LogP contribution in [0.5, 0.6) is 0 Å². The second-order valence-electron chi connectivity index (χ2n) is 4.57. The first-order valence-corrected chi connectivity index (χ1v) is 8.76. The van der Waals surface area contributed by atoms with E-state index in [0.717, 1.165) is 37.6 Å². The molecule has 1 fully saturated rings. The van der Waals surface area contributed by atoms with Crippen molar-refractivity contribution in [1.82, 2.24) is 4.37 Å². The Morgan fingerprint density at radius 3 is 3.00 bits per heavy atom. The number of nitrogens with two attached hydrogens (primary N) is 1. The summed E-state index contributed by atoms with van der Waals surface area (Å²) in [5, 5.41) is 3.70. The Balaban J connectivity index is 2.00. The summed E-state index contributed by atoms with van der Waals surface area (Å²) in [5.74, 6) is 0.684. The van der Waals surface area contributed by atoms with E-state index in [9.17, 15) is 8.42 Å². The number of nitrogens with zero attached hydrogens (tertiary/aromatic N) is 1. The van der Waals surface area contributed by atoms with Gasteiger partial charge in [0, 0.05) is 19.8 Å². The summed E-state index contributed by atoms with van der Waals surface area (Å²) in [5.41, 5.74) is 5.66. The molecule has 1 saturated heterocycles. The molecule has 1 aliphatic heterocycles. The fourth-order valence-corrected chi connectivity index (χ4v) is 4.25. The standard InChI is InChI=1S/C11H19N3O3S2/c1-2-19(15,16)9-10(12)14-18-11(9)13-5-3-8-4-6-17-7-8/h8,13H,2-7H2,1H3,(H2,12,14). The molecular formula is C11H19N3O3S2. The van der Waals surface area contributed by atoms with Crippen LogP contribution in [0.2, 0.25) is 0 Å². The van der Waals surface area contributed by atoms with E-state index in [2.05, 4.69) is 9.69 Å². The molecule has 0 spiro atoms. The molecule has 0 aromatic carbocycles. The number of anilines is 2. The lowest BCUT2D eigenvalue weighted by atomic mass is 10.1. The fourth-order valence-electron chi connectivity index (χ4n) is 2.05. The van der Waals surface area contributed by atoms with Gasteiger partial charge in [-0.05, 0) is 30.3 Å². The van der Waals surface area contributed by atoms with E-state index in [-0.39, 0.29) is 16.5 Å². The van der Waals surface area contributed by atoms with E-state index in [1.54, 1.807) is 6.92 Å². The maximum atomic E-state index is 11.9. The quantitative estimate of drug-likeness (QED) is 0.824. The van der Waals surface area contributed by atoms with Crippen molar-refractivity contribution in [3.05, 3.63) is 0 Å². The molecule has 6 nitrogen and oxygen atoms in total. The van der Waals surface area contributed by atoms with Crippen LogP contribution in [0.1, 0.15) is 19.8 Å². The van der Waals surface area contributed by atoms with Crippen molar-refractivity contribution in [1.29, 1.82) is 0 Å². The van der Waals surface area contributed by atoms with Gasteiger partial charge < -0.3 is 15.8 Å². The van der Waals surface area contributed by atoms with E-state index < -0.39 is 9.84 Å². The van der Waals surface area contributed by atoms with Crippen molar-refractivity contribution in [2.45, 2.75) is 24.7 Å². The molecular weight excluding hydrogens is 286 g/mol. The van der Waals surface area contributed by atoms with Gasteiger partial charge in [0.1, 0.15) is 9.90 Å². The molecule has 1 aliphatic rings. The minimum absolute atomic E-state index is 0.0285. The molecule has 1 unspecified atom stereocenters. The molecule has 0 bridgehead atoms. The molecule has 0 aliphatic carbocycles. The zero-order chi connectivity index (χ0) is 13.9. The van der Waals surface area contributed by atoms with Gasteiger partial charge in [0.25, 0.3) is 0 Å². The van der Waals surface area contributed by atoms with Crippen LogP contribution in [0.4, 0.5) is 10.8 Å². The Kier molecular flexibility index (Phi) is 4.64. The van der Waals surface area contributed by atoms with Gasteiger partial charge in [0.2, 0.25) is 0 Å². The summed E-state index contributed by atoms with van der Waals surface area (Å²) >= 11 is 1.10. The number of nitrogen functional groups attached to an aromatic ring is 1. The average molecular weight is 305 g/mol. The van der Waals surface area contributed by atoms with E-state index in [0.29, 0.717) is 17.5 Å². The lowest BCUT2D eigenvalue weighted by Gasteiger charge is -2.09. The van der Waals surface area contributed by atoms with E-state index >= 15 is 0 Å². The molecule has 108 valence electrons. The summed E-state index contributed by atoms with van der Waals surface area (Å²) in [7, 11) is -3.33. The number of aromatic nitrogens is 1. The van der Waals surface area contributed by atoms with Crippen molar-refractivity contribution in [2.24, 2.45) is 5.92 Å². The molecule has 1 aromatic rings. The maximum Gasteiger partial charge on any atom is 0.184 e. The third-order valence-corrected chi connectivity index (χ3v) is 5.97. The fraction of sp³-hybridized carbons (Fsp3) is 0.727. The van der Waals surface area contributed by atoms with E-state index in [1.165, 1.54) is 0 Å². The molecule has 0 saturated carbocycles. The highest BCUT2D eigenvalue weighted by Gasteiger charge is 2.24. The van der Waals surface area contributed by atoms with Gasteiger partial charge >= 0.3 is 0 Å². The van der Waals surface area contributed by atoms with Crippen molar-refractivity contribution >= 4 is 32.2 Å². The Morgan fingerprint density at radius 1 is 1.58 bits per heavy atom. The Labute approximate surface area is 117 Å². The smallest absolute Gasteiger partial charge is 0.184 e. The van der Waals surface area contributed by atoms with Gasteiger partial charge in [-0.2, -0.15) is 4.37 Å². The van der Waals surface area contributed by atoms with Gasteiger partial charge in [-0.15, -0.1) is 0 Å². The molecule has 2 heterocycles. The van der Waals surface area contributed by atoms with Gasteiger partial charge in [-0.1, -0.05) is 6.92 Å². The first-order chi connectivity index (χ1) is 9.04.